The lowest BCUT2D eigenvalue weighted by Crippen LogP contribution is -2.24. The number of methoxy groups -OCH3 is 4. The highest BCUT2D eigenvalue weighted by Crippen LogP contribution is 2.34. The Morgan fingerprint density at radius 3 is 0.812 bits per heavy atom. The lowest BCUT2D eigenvalue weighted by atomic mass is 10.1. The summed E-state index contributed by atoms with van der Waals surface area (Å²) in [4.78, 5) is 4.36. The minimum absolute atomic E-state index is 0.0676. The van der Waals surface area contributed by atoms with Crippen LogP contribution in [-0.4, -0.2) is 48.9 Å². The molecule has 0 unspecified atom stereocenters. The first-order valence-corrected chi connectivity index (χ1v) is 15.2. The molecule has 10 heteroatoms. The Morgan fingerprint density at radius 1 is 0.375 bits per heavy atom. The van der Waals surface area contributed by atoms with Gasteiger partial charge in [0.15, 0.2) is 46.0 Å². The highest BCUT2D eigenvalue weighted by atomic mass is 16.5. The van der Waals surface area contributed by atoms with Gasteiger partial charge in [0.25, 0.3) is 0 Å². The zero-order valence-corrected chi connectivity index (χ0v) is 27.4. The van der Waals surface area contributed by atoms with E-state index < -0.39 is 0 Å². The Morgan fingerprint density at radius 2 is 0.604 bits per heavy atom. The maximum absolute atomic E-state index is 10.2. The van der Waals surface area contributed by atoms with Gasteiger partial charge in [0.2, 0.25) is 0 Å². The molecular formula is C38H40N2O8. The van der Waals surface area contributed by atoms with Crippen molar-refractivity contribution in [3.63, 3.8) is 0 Å². The van der Waals surface area contributed by atoms with Crippen LogP contribution in [0.4, 0.5) is 11.4 Å². The molecule has 0 aromatic heterocycles. The third-order valence-electron chi connectivity index (χ3n) is 8.05. The van der Waals surface area contributed by atoms with E-state index in [1.165, 1.54) is 28.4 Å². The van der Waals surface area contributed by atoms with E-state index in [0.717, 1.165) is 33.6 Å². The third-order valence-corrected chi connectivity index (χ3v) is 8.05. The molecule has 0 heterocycles. The van der Waals surface area contributed by atoms with Gasteiger partial charge in [-0.1, -0.05) is 24.3 Å². The minimum Gasteiger partial charge on any atom is -0.504 e. The van der Waals surface area contributed by atoms with Crippen LogP contribution in [0.15, 0.2) is 97.1 Å². The lowest BCUT2D eigenvalue weighted by molar-refractivity contribution is 0.372. The largest absolute Gasteiger partial charge is 0.504 e. The van der Waals surface area contributed by atoms with E-state index in [-0.39, 0.29) is 23.0 Å². The number of anilines is 2. The number of phenolic OH excluding ortho intramolecular Hbond substituents is 4. The average Bonchev–Trinajstić information content (AvgIpc) is 3.10. The van der Waals surface area contributed by atoms with Gasteiger partial charge < -0.3 is 49.2 Å². The molecule has 5 aromatic carbocycles. The second-order valence-electron chi connectivity index (χ2n) is 11.3. The van der Waals surface area contributed by atoms with Gasteiger partial charge in [-0.15, -0.1) is 0 Å². The molecule has 5 rings (SSSR count). The van der Waals surface area contributed by atoms with E-state index in [0.29, 0.717) is 49.2 Å². The molecule has 0 amide bonds. The first-order chi connectivity index (χ1) is 23.2. The Bertz CT molecular complexity index is 1600. The highest BCUT2D eigenvalue weighted by molar-refractivity contribution is 5.59. The molecular weight excluding hydrogens is 612 g/mol. The van der Waals surface area contributed by atoms with Gasteiger partial charge in [-0.3, -0.25) is 0 Å². The topological polar surface area (TPSA) is 124 Å². The van der Waals surface area contributed by atoms with Gasteiger partial charge in [0.1, 0.15) is 0 Å². The van der Waals surface area contributed by atoms with Crippen LogP contribution in [0.5, 0.6) is 46.0 Å². The molecule has 4 N–H and O–H groups in total. The summed E-state index contributed by atoms with van der Waals surface area (Å²) < 4.78 is 21.4. The summed E-state index contributed by atoms with van der Waals surface area (Å²) in [6.07, 6.45) is 0. The predicted octanol–water partition coefficient (Wildman–Crippen LogP) is 6.96. The number of hydrogen-bond donors (Lipinski definition) is 4. The van der Waals surface area contributed by atoms with Gasteiger partial charge in [0.05, 0.1) is 28.4 Å². The maximum Gasteiger partial charge on any atom is 0.160 e. The zero-order valence-electron chi connectivity index (χ0n) is 27.4. The third kappa shape index (κ3) is 7.90. The molecule has 10 nitrogen and oxygen atoms in total. The van der Waals surface area contributed by atoms with Crippen LogP contribution < -0.4 is 28.7 Å². The summed E-state index contributed by atoms with van der Waals surface area (Å²) in [6.45, 7) is 2.01. The Balaban J connectivity index is 1.49. The number of rotatable bonds is 14. The molecule has 0 atom stereocenters. The SMILES string of the molecule is COc1cc(CN(Cc2ccc(O)c(OC)c2)c2ccc(N(Cc3ccc(O)c(OC)c3)Cc3ccc(O)c(OC)c3)cc2)ccc1O. The smallest absolute Gasteiger partial charge is 0.160 e. The molecule has 0 fully saturated rings. The fraction of sp³-hybridized carbons (Fsp3) is 0.211. The molecule has 0 radical (unpaired) electrons. The maximum atomic E-state index is 10.2. The Hall–Kier alpha value is -5.90. The first-order valence-electron chi connectivity index (χ1n) is 15.2. The summed E-state index contributed by atoms with van der Waals surface area (Å²) in [5.41, 5.74) is 5.62. The van der Waals surface area contributed by atoms with Crippen molar-refractivity contribution in [2.75, 3.05) is 38.2 Å². The van der Waals surface area contributed by atoms with Crippen LogP contribution in [0, 0.1) is 0 Å². The van der Waals surface area contributed by atoms with Crippen LogP contribution in [0.1, 0.15) is 22.3 Å². The summed E-state index contributed by atoms with van der Waals surface area (Å²) >= 11 is 0. The number of hydrogen-bond acceptors (Lipinski definition) is 10. The predicted molar refractivity (Wildman–Crippen MR) is 185 cm³/mol. The molecule has 0 aliphatic rings. The van der Waals surface area contributed by atoms with E-state index in [1.54, 1.807) is 24.3 Å². The second kappa shape index (κ2) is 15.1. The van der Waals surface area contributed by atoms with Crippen molar-refractivity contribution in [2.24, 2.45) is 0 Å². The average molecular weight is 653 g/mol. The minimum atomic E-state index is 0.0676. The first kappa shape index (κ1) is 33.5. The normalized spacial score (nSPS) is 10.8. The van der Waals surface area contributed by atoms with Crippen molar-refractivity contribution < 1.29 is 39.4 Å². The fourth-order valence-corrected chi connectivity index (χ4v) is 5.51. The van der Waals surface area contributed by atoms with Gasteiger partial charge in [0, 0.05) is 37.6 Å². The lowest BCUT2D eigenvalue weighted by Gasteiger charge is -2.29. The fourth-order valence-electron chi connectivity index (χ4n) is 5.51. The molecule has 0 saturated carbocycles. The van der Waals surface area contributed by atoms with Crippen LogP contribution in [-0.2, 0) is 26.2 Å². The summed E-state index contributed by atoms with van der Waals surface area (Å²) in [7, 11) is 6.08. The Kier molecular flexibility index (Phi) is 10.5. The van der Waals surface area contributed by atoms with Crippen molar-refractivity contribution in [2.45, 2.75) is 26.2 Å². The van der Waals surface area contributed by atoms with Gasteiger partial charge >= 0.3 is 0 Å². The number of nitrogens with zero attached hydrogens (tertiary/aromatic N) is 2. The van der Waals surface area contributed by atoms with Crippen LogP contribution in [0.2, 0.25) is 0 Å². The number of phenols is 4. The van der Waals surface area contributed by atoms with Crippen molar-refractivity contribution in [3.05, 3.63) is 119 Å². The number of ether oxygens (including phenoxy) is 4. The molecule has 0 bridgehead atoms. The van der Waals surface area contributed by atoms with Gasteiger partial charge in [-0.25, -0.2) is 0 Å². The van der Waals surface area contributed by atoms with Crippen LogP contribution in [0.25, 0.3) is 0 Å². The Labute approximate surface area is 280 Å². The molecule has 0 aliphatic carbocycles. The number of benzene rings is 5. The van der Waals surface area contributed by atoms with Gasteiger partial charge in [-0.05, 0) is 95.1 Å². The number of aromatic hydroxyl groups is 4. The summed E-state index contributed by atoms with van der Waals surface area (Å²) in [6, 6.07) is 29.3. The van der Waals surface area contributed by atoms with Crippen molar-refractivity contribution in [1.29, 1.82) is 0 Å². The summed E-state index contributed by atoms with van der Waals surface area (Å²) in [5.74, 6) is 1.83. The van der Waals surface area contributed by atoms with Crippen molar-refractivity contribution in [1.82, 2.24) is 0 Å². The van der Waals surface area contributed by atoms with E-state index in [4.69, 9.17) is 18.9 Å². The van der Waals surface area contributed by atoms with E-state index in [1.807, 2.05) is 72.8 Å². The molecule has 0 aliphatic heterocycles. The molecule has 250 valence electrons. The monoisotopic (exact) mass is 652 g/mol. The molecule has 48 heavy (non-hydrogen) atoms. The summed E-state index contributed by atoms with van der Waals surface area (Å²) in [5, 5.41) is 40.7. The van der Waals surface area contributed by atoms with Crippen LogP contribution >= 0.6 is 0 Å². The van der Waals surface area contributed by atoms with Crippen molar-refractivity contribution in [3.8, 4) is 46.0 Å². The van der Waals surface area contributed by atoms with Gasteiger partial charge in [-0.2, -0.15) is 0 Å². The molecule has 0 spiro atoms. The second-order valence-corrected chi connectivity index (χ2v) is 11.3. The van der Waals surface area contributed by atoms with E-state index >= 15 is 0 Å². The van der Waals surface area contributed by atoms with E-state index in [9.17, 15) is 20.4 Å². The zero-order chi connectivity index (χ0) is 34.2. The quantitative estimate of drug-likeness (QED) is 0.100. The van der Waals surface area contributed by atoms with E-state index in [2.05, 4.69) is 9.80 Å². The standard InChI is InChI=1S/C38H40N2O8/c1-45-35-17-25(5-13-31(35)41)21-39(22-26-6-14-32(42)36(18-26)46-2)29-9-11-30(12-10-29)40(23-27-7-15-33(43)37(19-27)47-3)24-28-8-16-34(44)38(20-28)48-4/h5-20,41-44H,21-24H2,1-4H3. The highest BCUT2D eigenvalue weighted by Gasteiger charge is 2.16. The van der Waals surface area contributed by atoms with Crippen molar-refractivity contribution >= 4 is 11.4 Å². The molecule has 0 saturated heterocycles. The van der Waals surface area contributed by atoms with Crippen LogP contribution in [0.3, 0.4) is 0 Å². The molecule has 5 aromatic rings.